The van der Waals surface area contributed by atoms with Crippen molar-refractivity contribution in [1.29, 1.82) is 0 Å². The second-order valence-corrected chi connectivity index (χ2v) is 9.39. The van der Waals surface area contributed by atoms with Crippen molar-refractivity contribution in [2.45, 2.75) is 58.2 Å². The van der Waals surface area contributed by atoms with E-state index in [0.29, 0.717) is 12.5 Å². The van der Waals surface area contributed by atoms with E-state index < -0.39 is 0 Å². The minimum absolute atomic E-state index is 0.0434. The van der Waals surface area contributed by atoms with E-state index in [1.807, 2.05) is 18.3 Å². The highest BCUT2D eigenvalue weighted by Crippen LogP contribution is 2.36. The molecule has 3 aromatic rings. The number of rotatable bonds is 4. The van der Waals surface area contributed by atoms with Crippen LogP contribution >= 0.6 is 0 Å². The third-order valence-corrected chi connectivity index (χ3v) is 6.01. The number of benzene rings is 1. The highest BCUT2D eigenvalue weighted by molar-refractivity contribution is 5.96. The molecule has 1 atom stereocenters. The van der Waals surface area contributed by atoms with Gasteiger partial charge in [-0.05, 0) is 50.9 Å². The molecular formula is C23H29N5O2. The third kappa shape index (κ3) is 3.17. The summed E-state index contributed by atoms with van der Waals surface area (Å²) >= 11 is 0. The average molecular weight is 408 g/mol. The van der Waals surface area contributed by atoms with Crippen molar-refractivity contribution >= 4 is 16.9 Å². The summed E-state index contributed by atoms with van der Waals surface area (Å²) in [7, 11) is 0. The molecule has 0 aliphatic carbocycles. The molecule has 0 radical (unpaired) electrons. The zero-order valence-corrected chi connectivity index (χ0v) is 18.0. The lowest BCUT2D eigenvalue weighted by molar-refractivity contribution is 0.223. The fraction of sp³-hybridized carbons (Fsp3) is 0.478. The molecule has 2 aliphatic rings. The van der Waals surface area contributed by atoms with Crippen molar-refractivity contribution in [2.24, 2.45) is 0 Å². The largest absolute Gasteiger partial charge is 0.489 e. The van der Waals surface area contributed by atoms with Crippen LogP contribution in [0.2, 0.25) is 0 Å². The Morgan fingerprint density at radius 1 is 1.30 bits per heavy atom. The minimum atomic E-state index is -0.192. The Labute approximate surface area is 175 Å². The Kier molecular flexibility index (Phi) is 4.39. The lowest BCUT2D eigenvalue weighted by atomic mass is 9.97. The number of H-pyrrole nitrogens is 1. The summed E-state index contributed by atoms with van der Waals surface area (Å²) in [6.45, 7) is 10.8. The number of aromatic amines is 1. The summed E-state index contributed by atoms with van der Waals surface area (Å²) in [6, 6.07) is 6.10. The van der Waals surface area contributed by atoms with Gasteiger partial charge in [-0.2, -0.15) is 0 Å². The van der Waals surface area contributed by atoms with Crippen molar-refractivity contribution < 1.29 is 4.74 Å². The first-order chi connectivity index (χ1) is 14.3. The van der Waals surface area contributed by atoms with Crippen LogP contribution in [-0.4, -0.2) is 39.3 Å². The van der Waals surface area contributed by atoms with Crippen LogP contribution in [0.25, 0.3) is 22.2 Å². The van der Waals surface area contributed by atoms with Crippen molar-refractivity contribution in [2.75, 3.05) is 18.4 Å². The standard InChI is InChI=1S/C23H29N5O2/c1-13(2)19-20(26-22-27-23(3,4)12-28(22)21(19)29)17-11-25-18-6-5-14(9-16(17)18)30-15-7-8-24-10-15/h5-6,9,11,13,15,24-25H,7-8,10,12H2,1-4H3,(H,26,27). The Bertz CT molecular complexity index is 1170. The van der Waals surface area contributed by atoms with Gasteiger partial charge in [-0.15, -0.1) is 0 Å². The number of fused-ring (bicyclic) bond motifs is 2. The number of nitrogens with zero attached hydrogens (tertiary/aromatic N) is 2. The maximum Gasteiger partial charge on any atom is 0.259 e. The van der Waals surface area contributed by atoms with Crippen molar-refractivity contribution in [3.63, 3.8) is 0 Å². The average Bonchev–Trinajstić information content (AvgIpc) is 3.39. The monoisotopic (exact) mass is 407 g/mol. The highest BCUT2D eigenvalue weighted by Gasteiger charge is 2.32. The van der Waals surface area contributed by atoms with E-state index in [4.69, 9.17) is 9.72 Å². The molecule has 7 nitrogen and oxygen atoms in total. The van der Waals surface area contributed by atoms with Crippen LogP contribution in [0.1, 0.15) is 45.6 Å². The van der Waals surface area contributed by atoms with Crippen LogP contribution in [0, 0.1) is 0 Å². The molecule has 0 bridgehead atoms. The predicted molar refractivity (Wildman–Crippen MR) is 119 cm³/mol. The maximum atomic E-state index is 13.4. The topological polar surface area (TPSA) is 84.0 Å². The van der Waals surface area contributed by atoms with Gasteiger partial charge in [-0.3, -0.25) is 9.36 Å². The zero-order chi connectivity index (χ0) is 21.0. The Hall–Kier alpha value is -2.80. The van der Waals surface area contributed by atoms with Crippen LogP contribution in [-0.2, 0) is 6.54 Å². The lowest BCUT2D eigenvalue weighted by Crippen LogP contribution is -2.30. The van der Waals surface area contributed by atoms with Crippen LogP contribution < -0.4 is 20.9 Å². The first-order valence-corrected chi connectivity index (χ1v) is 10.7. The van der Waals surface area contributed by atoms with Gasteiger partial charge in [0.05, 0.1) is 17.8 Å². The maximum absolute atomic E-state index is 13.4. The Morgan fingerprint density at radius 3 is 2.87 bits per heavy atom. The van der Waals surface area contributed by atoms with Crippen molar-refractivity contribution in [3.05, 3.63) is 40.3 Å². The molecule has 0 amide bonds. The number of nitrogens with one attached hydrogen (secondary N) is 3. The summed E-state index contributed by atoms with van der Waals surface area (Å²) in [6.07, 6.45) is 3.17. The van der Waals surface area contributed by atoms with Crippen molar-refractivity contribution in [3.8, 4) is 17.0 Å². The molecule has 5 rings (SSSR count). The van der Waals surface area contributed by atoms with Crippen LogP contribution in [0.4, 0.5) is 5.95 Å². The molecule has 30 heavy (non-hydrogen) atoms. The van der Waals surface area contributed by atoms with E-state index >= 15 is 0 Å². The van der Waals surface area contributed by atoms with Gasteiger partial charge in [0.1, 0.15) is 11.9 Å². The lowest BCUT2D eigenvalue weighted by Gasteiger charge is -2.15. The summed E-state index contributed by atoms with van der Waals surface area (Å²) in [4.78, 5) is 21.7. The second kappa shape index (κ2) is 6.87. The first kappa shape index (κ1) is 19.2. The SMILES string of the molecule is CC(C)c1c(-c2c[nH]c3ccc(OC4CCNC4)cc23)nc2n(c1=O)CC(C)(C)N2. The van der Waals surface area contributed by atoms with Crippen LogP contribution in [0.15, 0.2) is 29.2 Å². The fourth-order valence-electron chi connectivity index (χ4n) is 4.56. The summed E-state index contributed by atoms with van der Waals surface area (Å²) in [5, 5.41) is 7.76. The molecule has 7 heteroatoms. The van der Waals surface area contributed by atoms with E-state index in [1.165, 1.54) is 0 Å². The van der Waals surface area contributed by atoms with Gasteiger partial charge in [0, 0.05) is 34.8 Å². The number of hydrogen-bond donors (Lipinski definition) is 3. The number of aromatic nitrogens is 3. The van der Waals surface area contributed by atoms with Gasteiger partial charge in [-0.25, -0.2) is 4.98 Å². The summed E-state index contributed by atoms with van der Waals surface area (Å²) in [5.41, 5.74) is 3.30. The summed E-state index contributed by atoms with van der Waals surface area (Å²) < 4.78 is 7.94. The van der Waals surface area contributed by atoms with Gasteiger partial charge in [0.15, 0.2) is 0 Å². The van der Waals surface area contributed by atoms with Gasteiger partial charge in [0.2, 0.25) is 5.95 Å². The first-order valence-electron chi connectivity index (χ1n) is 10.7. The molecule has 3 N–H and O–H groups in total. The van der Waals surface area contributed by atoms with E-state index in [-0.39, 0.29) is 23.1 Å². The molecular weight excluding hydrogens is 378 g/mol. The molecule has 1 unspecified atom stereocenters. The predicted octanol–water partition coefficient (Wildman–Crippen LogP) is 3.46. The smallest absolute Gasteiger partial charge is 0.259 e. The molecule has 2 aromatic heterocycles. The minimum Gasteiger partial charge on any atom is -0.489 e. The van der Waals surface area contributed by atoms with Crippen LogP contribution in [0.3, 0.4) is 0 Å². The quantitative estimate of drug-likeness (QED) is 0.617. The van der Waals surface area contributed by atoms with Gasteiger partial charge in [0.25, 0.3) is 5.56 Å². The van der Waals surface area contributed by atoms with E-state index in [9.17, 15) is 4.79 Å². The third-order valence-electron chi connectivity index (χ3n) is 6.01. The van der Waals surface area contributed by atoms with E-state index in [2.05, 4.69) is 49.4 Å². The molecule has 0 saturated carbocycles. The van der Waals surface area contributed by atoms with Gasteiger partial charge in [-0.1, -0.05) is 13.8 Å². The van der Waals surface area contributed by atoms with Crippen LogP contribution in [0.5, 0.6) is 5.75 Å². The van der Waals surface area contributed by atoms with E-state index in [0.717, 1.165) is 53.0 Å². The molecule has 2 aliphatic heterocycles. The van der Waals surface area contributed by atoms with Gasteiger partial charge < -0.3 is 20.4 Å². The Balaban J connectivity index is 1.65. The fourth-order valence-corrected chi connectivity index (χ4v) is 4.56. The van der Waals surface area contributed by atoms with Crippen molar-refractivity contribution in [1.82, 2.24) is 19.9 Å². The number of ether oxygens (including phenoxy) is 1. The molecule has 1 saturated heterocycles. The van der Waals surface area contributed by atoms with Gasteiger partial charge >= 0.3 is 0 Å². The molecule has 158 valence electrons. The van der Waals surface area contributed by atoms with E-state index in [1.54, 1.807) is 4.57 Å². The number of anilines is 1. The normalized spacial score (nSPS) is 20.0. The molecule has 1 aromatic carbocycles. The molecule has 1 fully saturated rings. The zero-order valence-electron chi connectivity index (χ0n) is 18.0. The Morgan fingerprint density at radius 2 is 2.13 bits per heavy atom. The number of hydrogen-bond acceptors (Lipinski definition) is 5. The molecule has 4 heterocycles. The highest BCUT2D eigenvalue weighted by atomic mass is 16.5. The molecule has 0 spiro atoms. The summed E-state index contributed by atoms with van der Waals surface area (Å²) in [5.74, 6) is 1.55. The second-order valence-electron chi connectivity index (χ2n) is 9.39.